The molecule has 3 heterocycles. The van der Waals surface area contributed by atoms with Crippen LogP contribution in [0.15, 0.2) is 48.8 Å². The number of hydrogen-bond acceptors (Lipinski definition) is 6. The molecule has 10 nitrogen and oxygen atoms in total. The summed E-state index contributed by atoms with van der Waals surface area (Å²) in [6.45, 7) is 0.313. The molecule has 1 aliphatic heterocycles. The van der Waals surface area contributed by atoms with Gasteiger partial charge in [0, 0.05) is 30.5 Å². The molecule has 0 unspecified atom stereocenters. The minimum Gasteiger partial charge on any atom is -0.329 e. The number of rotatable bonds is 6. The van der Waals surface area contributed by atoms with Crippen LogP contribution in [0.3, 0.4) is 0 Å². The Balaban J connectivity index is 1.59. The van der Waals surface area contributed by atoms with E-state index >= 15 is 0 Å². The van der Waals surface area contributed by atoms with E-state index in [1.165, 1.54) is 4.68 Å². The zero-order chi connectivity index (χ0) is 20.4. The summed E-state index contributed by atoms with van der Waals surface area (Å²) in [4.78, 5) is 19.1. The minimum absolute atomic E-state index is 0.0643. The number of benzene rings is 1. The maximum atomic E-state index is 12.9. The third-order valence-electron chi connectivity index (χ3n) is 4.71. The topological polar surface area (TPSA) is 126 Å². The SMILES string of the molecule is CS(=O)(=O)N[C@H]1C[C@@H](c2nc(-c3ccccc3)n[nH]2)N(C(=O)Cn2cccn2)C1. The first-order chi connectivity index (χ1) is 13.9. The van der Waals surface area contributed by atoms with Crippen molar-refractivity contribution in [2.75, 3.05) is 12.8 Å². The van der Waals surface area contributed by atoms with Gasteiger partial charge in [0.05, 0.1) is 12.3 Å². The van der Waals surface area contributed by atoms with E-state index in [0.29, 0.717) is 18.1 Å². The Morgan fingerprint density at radius 1 is 1.28 bits per heavy atom. The molecule has 1 fully saturated rings. The van der Waals surface area contributed by atoms with E-state index in [9.17, 15) is 13.2 Å². The van der Waals surface area contributed by atoms with Gasteiger partial charge in [-0.3, -0.25) is 14.6 Å². The molecule has 0 bridgehead atoms. The van der Waals surface area contributed by atoms with E-state index < -0.39 is 22.1 Å². The molecule has 1 amide bonds. The van der Waals surface area contributed by atoms with Gasteiger partial charge in [-0.2, -0.15) is 10.2 Å². The van der Waals surface area contributed by atoms with Crippen molar-refractivity contribution < 1.29 is 13.2 Å². The highest BCUT2D eigenvalue weighted by molar-refractivity contribution is 7.88. The summed E-state index contributed by atoms with van der Waals surface area (Å²) in [6.07, 6.45) is 4.82. The van der Waals surface area contributed by atoms with Gasteiger partial charge in [-0.25, -0.2) is 18.1 Å². The number of aromatic amines is 1. The molecule has 4 rings (SSSR count). The summed E-state index contributed by atoms with van der Waals surface area (Å²) >= 11 is 0. The number of sulfonamides is 1. The number of nitrogens with zero attached hydrogens (tertiary/aromatic N) is 5. The Bertz CT molecular complexity index is 1080. The molecule has 2 atom stereocenters. The first-order valence-corrected chi connectivity index (χ1v) is 11.0. The molecule has 0 saturated carbocycles. The molecule has 11 heteroatoms. The zero-order valence-corrected chi connectivity index (χ0v) is 16.6. The molecule has 152 valence electrons. The van der Waals surface area contributed by atoms with Crippen molar-refractivity contribution in [2.24, 2.45) is 0 Å². The van der Waals surface area contributed by atoms with E-state index in [0.717, 1.165) is 11.8 Å². The van der Waals surface area contributed by atoms with Gasteiger partial charge >= 0.3 is 0 Å². The van der Waals surface area contributed by atoms with Crippen LogP contribution in [0, 0.1) is 0 Å². The molecule has 0 aliphatic carbocycles. The van der Waals surface area contributed by atoms with Crippen molar-refractivity contribution in [3.8, 4) is 11.4 Å². The van der Waals surface area contributed by atoms with E-state index in [1.54, 1.807) is 23.4 Å². The van der Waals surface area contributed by atoms with Gasteiger partial charge in [-0.1, -0.05) is 30.3 Å². The molecule has 0 spiro atoms. The monoisotopic (exact) mass is 415 g/mol. The molecule has 1 saturated heterocycles. The number of carbonyl (C=O) groups is 1. The van der Waals surface area contributed by atoms with Gasteiger partial charge in [0.2, 0.25) is 15.9 Å². The molecule has 29 heavy (non-hydrogen) atoms. The molecule has 1 aliphatic rings. The fourth-order valence-corrected chi connectivity index (χ4v) is 4.30. The Morgan fingerprint density at radius 2 is 2.07 bits per heavy atom. The minimum atomic E-state index is -3.40. The number of aromatic nitrogens is 5. The fraction of sp³-hybridized carbons (Fsp3) is 0.333. The van der Waals surface area contributed by atoms with Gasteiger partial charge in [-0.15, -0.1) is 0 Å². The van der Waals surface area contributed by atoms with Crippen molar-refractivity contribution in [1.82, 2.24) is 34.6 Å². The second kappa shape index (κ2) is 7.76. The number of H-pyrrole nitrogens is 1. The lowest BCUT2D eigenvalue weighted by molar-refractivity contribution is -0.133. The number of likely N-dealkylation sites (tertiary alicyclic amines) is 1. The third-order valence-corrected chi connectivity index (χ3v) is 5.47. The van der Waals surface area contributed by atoms with Crippen LogP contribution in [-0.4, -0.2) is 63.0 Å². The second-order valence-corrected chi connectivity index (χ2v) is 8.78. The Hall–Kier alpha value is -3.05. The Morgan fingerprint density at radius 3 is 2.76 bits per heavy atom. The summed E-state index contributed by atoms with van der Waals surface area (Å²) in [5.41, 5.74) is 0.855. The van der Waals surface area contributed by atoms with Crippen LogP contribution in [0.25, 0.3) is 11.4 Å². The van der Waals surface area contributed by atoms with Crippen LogP contribution in [0.5, 0.6) is 0 Å². The van der Waals surface area contributed by atoms with Crippen LogP contribution in [0.4, 0.5) is 0 Å². The lowest BCUT2D eigenvalue weighted by Gasteiger charge is -2.22. The van der Waals surface area contributed by atoms with E-state index in [2.05, 4.69) is 25.0 Å². The van der Waals surface area contributed by atoms with Crippen molar-refractivity contribution in [3.63, 3.8) is 0 Å². The van der Waals surface area contributed by atoms with Crippen LogP contribution >= 0.6 is 0 Å². The first kappa shape index (κ1) is 19.3. The van der Waals surface area contributed by atoms with E-state index in [1.807, 2.05) is 30.3 Å². The average Bonchev–Trinajstić information content (AvgIpc) is 3.41. The summed E-state index contributed by atoms with van der Waals surface area (Å²) in [5.74, 6) is 0.879. The maximum absolute atomic E-state index is 12.9. The van der Waals surface area contributed by atoms with E-state index in [4.69, 9.17) is 0 Å². The number of hydrogen-bond donors (Lipinski definition) is 2. The molecule has 1 aromatic carbocycles. The Kier molecular flexibility index (Phi) is 5.16. The highest BCUT2D eigenvalue weighted by Gasteiger charge is 2.39. The van der Waals surface area contributed by atoms with Crippen LogP contribution in [0.1, 0.15) is 18.3 Å². The third kappa shape index (κ3) is 4.51. The summed E-state index contributed by atoms with van der Waals surface area (Å²) in [6, 6.07) is 10.4. The number of carbonyl (C=O) groups excluding carboxylic acids is 1. The van der Waals surface area contributed by atoms with Gasteiger partial charge in [-0.05, 0) is 12.5 Å². The molecule has 2 aromatic heterocycles. The van der Waals surface area contributed by atoms with Crippen molar-refractivity contribution in [3.05, 3.63) is 54.6 Å². The molecular formula is C18H21N7O3S. The van der Waals surface area contributed by atoms with Gasteiger partial charge in [0.25, 0.3) is 0 Å². The van der Waals surface area contributed by atoms with E-state index in [-0.39, 0.29) is 19.0 Å². The highest BCUT2D eigenvalue weighted by atomic mass is 32.2. The predicted molar refractivity (Wildman–Crippen MR) is 105 cm³/mol. The van der Waals surface area contributed by atoms with Gasteiger partial charge < -0.3 is 4.90 Å². The lowest BCUT2D eigenvalue weighted by atomic mass is 10.1. The Labute approximate surface area is 168 Å². The number of nitrogens with one attached hydrogen (secondary N) is 2. The summed E-state index contributed by atoms with van der Waals surface area (Å²) in [7, 11) is -3.40. The summed E-state index contributed by atoms with van der Waals surface area (Å²) < 4.78 is 27.5. The normalized spacial score (nSPS) is 19.6. The van der Waals surface area contributed by atoms with Crippen LogP contribution < -0.4 is 4.72 Å². The second-order valence-electron chi connectivity index (χ2n) is 7.00. The standard InChI is InChI=1S/C18H21N7O3S/c1-29(27,28)23-14-10-15(25(11-14)16(26)12-24-9-5-8-19-24)18-20-17(21-22-18)13-6-3-2-4-7-13/h2-9,14-15,23H,10-12H2,1H3,(H,20,21,22)/t14-,15-/m0/s1. The largest absolute Gasteiger partial charge is 0.329 e. The number of amides is 1. The molecule has 3 aromatic rings. The molecular weight excluding hydrogens is 394 g/mol. The average molecular weight is 415 g/mol. The predicted octanol–water partition coefficient (Wildman–Crippen LogP) is 0.560. The first-order valence-electron chi connectivity index (χ1n) is 9.11. The fourth-order valence-electron chi connectivity index (χ4n) is 3.52. The maximum Gasteiger partial charge on any atom is 0.244 e. The van der Waals surface area contributed by atoms with Gasteiger partial charge in [0.15, 0.2) is 5.82 Å². The van der Waals surface area contributed by atoms with Crippen molar-refractivity contribution in [1.29, 1.82) is 0 Å². The van der Waals surface area contributed by atoms with Crippen molar-refractivity contribution >= 4 is 15.9 Å². The van der Waals surface area contributed by atoms with Crippen molar-refractivity contribution in [2.45, 2.75) is 25.0 Å². The summed E-state index contributed by atoms with van der Waals surface area (Å²) in [5, 5.41) is 11.3. The smallest absolute Gasteiger partial charge is 0.244 e. The molecule has 2 N–H and O–H groups in total. The van der Waals surface area contributed by atoms with Crippen LogP contribution in [-0.2, 0) is 21.4 Å². The zero-order valence-electron chi connectivity index (χ0n) is 15.8. The van der Waals surface area contributed by atoms with Crippen LogP contribution in [0.2, 0.25) is 0 Å². The lowest BCUT2D eigenvalue weighted by Crippen LogP contribution is -2.39. The highest BCUT2D eigenvalue weighted by Crippen LogP contribution is 2.31. The molecule has 0 radical (unpaired) electrons. The quantitative estimate of drug-likeness (QED) is 0.606. The van der Waals surface area contributed by atoms with Gasteiger partial charge in [0.1, 0.15) is 12.4 Å².